The maximum absolute atomic E-state index is 12.9. The maximum atomic E-state index is 12.9. The normalized spacial score (nSPS) is 11.7. The van der Waals surface area contributed by atoms with Crippen LogP contribution in [0.5, 0.6) is 11.5 Å². The Morgan fingerprint density at radius 2 is 1.51 bits per heavy atom. The molecule has 5 rings (SSSR count). The van der Waals surface area contributed by atoms with Gasteiger partial charge in [0.05, 0.1) is 11.8 Å². The first-order valence-corrected chi connectivity index (χ1v) is 12.8. The molecule has 0 aliphatic carbocycles. The molecule has 184 valence electrons. The van der Waals surface area contributed by atoms with Crippen molar-refractivity contribution in [2.45, 2.75) is 11.8 Å². The van der Waals surface area contributed by atoms with Crippen molar-refractivity contribution in [2.24, 2.45) is 5.10 Å². The summed E-state index contributed by atoms with van der Waals surface area (Å²) in [5, 5.41) is 17.5. The molecular weight excluding hydrogens is 488 g/mol. The first-order chi connectivity index (χ1) is 17.8. The zero-order valence-electron chi connectivity index (χ0n) is 19.8. The second-order valence-electron chi connectivity index (χ2n) is 8.46. The number of phenols is 1. The standard InChI is InChI=1S/C29H22N2O5S/c1-19-10-13-23(14-11-19)37(34,35)36-28-15-12-20-6-4-5-9-24(20)26(28)18-30-31-29(33)25-16-21-7-2-3-8-22(21)17-27(25)32/h2-18,32H,1H3,(H,31,33)/b30-18+. The summed E-state index contributed by atoms with van der Waals surface area (Å²) in [5.41, 5.74) is 3.77. The van der Waals surface area contributed by atoms with Crippen molar-refractivity contribution in [3.05, 3.63) is 114 Å². The molecule has 0 saturated carbocycles. The fourth-order valence-corrected chi connectivity index (χ4v) is 4.93. The zero-order chi connectivity index (χ0) is 26.0. The van der Waals surface area contributed by atoms with Crippen LogP contribution in [0.4, 0.5) is 0 Å². The monoisotopic (exact) mass is 510 g/mol. The van der Waals surface area contributed by atoms with Gasteiger partial charge in [0.15, 0.2) is 5.75 Å². The quantitative estimate of drug-likeness (QED) is 0.177. The van der Waals surface area contributed by atoms with Gasteiger partial charge in [0.25, 0.3) is 5.91 Å². The average molecular weight is 511 g/mol. The van der Waals surface area contributed by atoms with Crippen LogP contribution in [0.3, 0.4) is 0 Å². The third-order valence-electron chi connectivity index (χ3n) is 5.91. The van der Waals surface area contributed by atoms with Gasteiger partial charge < -0.3 is 9.29 Å². The predicted molar refractivity (Wildman–Crippen MR) is 144 cm³/mol. The smallest absolute Gasteiger partial charge is 0.339 e. The second-order valence-corrected chi connectivity index (χ2v) is 10.0. The summed E-state index contributed by atoms with van der Waals surface area (Å²) in [6.07, 6.45) is 1.33. The highest BCUT2D eigenvalue weighted by molar-refractivity contribution is 7.87. The zero-order valence-corrected chi connectivity index (χ0v) is 20.6. The van der Waals surface area contributed by atoms with Crippen molar-refractivity contribution in [1.29, 1.82) is 0 Å². The van der Waals surface area contributed by atoms with Crippen molar-refractivity contribution >= 4 is 43.8 Å². The molecule has 0 aliphatic rings. The van der Waals surface area contributed by atoms with Crippen LogP contribution in [-0.2, 0) is 10.1 Å². The Bertz CT molecular complexity index is 1780. The number of hydrogen-bond donors (Lipinski definition) is 2. The number of hydrazone groups is 1. The molecule has 2 N–H and O–H groups in total. The van der Waals surface area contributed by atoms with E-state index >= 15 is 0 Å². The van der Waals surface area contributed by atoms with E-state index in [9.17, 15) is 18.3 Å². The summed E-state index contributed by atoms with van der Waals surface area (Å²) in [5.74, 6) is -0.731. The summed E-state index contributed by atoms with van der Waals surface area (Å²) in [6.45, 7) is 1.86. The van der Waals surface area contributed by atoms with Crippen LogP contribution in [0, 0.1) is 6.92 Å². The summed E-state index contributed by atoms with van der Waals surface area (Å²) in [4.78, 5) is 12.8. The largest absolute Gasteiger partial charge is 0.507 e. The number of phenolic OH excluding ortho intramolecular Hbond substituents is 1. The van der Waals surface area contributed by atoms with Gasteiger partial charge in [0.2, 0.25) is 0 Å². The number of nitrogens with zero attached hydrogens (tertiary/aromatic N) is 1. The van der Waals surface area contributed by atoms with Gasteiger partial charge in [-0.2, -0.15) is 13.5 Å². The Hall–Kier alpha value is -4.69. The number of carbonyl (C=O) groups excluding carboxylic acids is 1. The van der Waals surface area contributed by atoms with Crippen LogP contribution in [0.1, 0.15) is 21.5 Å². The number of carbonyl (C=O) groups is 1. The van der Waals surface area contributed by atoms with Gasteiger partial charge in [-0.15, -0.1) is 0 Å². The number of benzene rings is 5. The fraction of sp³-hybridized carbons (Fsp3) is 0.0345. The van der Waals surface area contributed by atoms with Crippen LogP contribution in [0.25, 0.3) is 21.5 Å². The minimum Gasteiger partial charge on any atom is -0.507 e. The van der Waals surface area contributed by atoms with E-state index in [-0.39, 0.29) is 22.0 Å². The number of hydrogen-bond acceptors (Lipinski definition) is 6. The van der Waals surface area contributed by atoms with Gasteiger partial charge in [0, 0.05) is 5.56 Å². The van der Waals surface area contributed by atoms with Crippen LogP contribution in [0.2, 0.25) is 0 Å². The molecule has 5 aromatic rings. The van der Waals surface area contributed by atoms with Gasteiger partial charge in [0.1, 0.15) is 10.6 Å². The van der Waals surface area contributed by atoms with Gasteiger partial charge >= 0.3 is 10.1 Å². The van der Waals surface area contributed by atoms with Crippen molar-refractivity contribution in [3.63, 3.8) is 0 Å². The molecule has 0 fully saturated rings. The molecule has 0 aromatic heterocycles. The molecule has 7 nitrogen and oxygen atoms in total. The van der Waals surface area contributed by atoms with E-state index in [1.54, 1.807) is 36.4 Å². The number of fused-ring (bicyclic) bond motifs is 2. The Kier molecular flexibility index (Phi) is 6.33. The molecule has 0 radical (unpaired) electrons. The van der Waals surface area contributed by atoms with Crippen LogP contribution in [0.15, 0.2) is 107 Å². The highest BCUT2D eigenvalue weighted by Crippen LogP contribution is 2.29. The van der Waals surface area contributed by atoms with E-state index in [4.69, 9.17) is 4.18 Å². The highest BCUT2D eigenvalue weighted by atomic mass is 32.2. The molecule has 0 unspecified atom stereocenters. The van der Waals surface area contributed by atoms with Gasteiger partial charge in [-0.05, 0) is 58.8 Å². The predicted octanol–water partition coefficient (Wildman–Crippen LogP) is 5.54. The Morgan fingerprint density at radius 1 is 0.865 bits per heavy atom. The maximum Gasteiger partial charge on any atom is 0.339 e. The van der Waals surface area contributed by atoms with Gasteiger partial charge in [-0.1, -0.05) is 72.3 Å². The molecule has 5 aromatic carbocycles. The molecule has 8 heteroatoms. The van der Waals surface area contributed by atoms with Gasteiger partial charge in [-0.3, -0.25) is 4.79 Å². The summed E-state index contributed by atoms with van der Waals surface area (Å²) < 4.78 is 31.4. The first-order valence-electron chi connectivity index (χ1n) is 11.4. The van der Waals surface area contributed by atoms with E-state index in [2.05, 4.69) is 10.5 Å². The molecular formula is C29H22N2O5S. The molecule has 0 heterocycles. The van der Waals surface area contributed by atoms with E-state index in [0.717, 1.165) is 21.7 Å². The van der Waals surface area contributed by atoms with Crippen molar-refractivity contribution in [3.8, 4) is 11.5 Å². The van der Waals surface area contributed by atoms with E-state index < -0.39 is 16.0 Å². The van der Waals surface area contributed by atoms with Crippen molar-refractivity contribution < 1.29 is 22.5 Å². The molecule has 1 amide bonds. The Morgan fingerprint density at radius 3 is 2.24 bits per heavy atom. The summed E-state index contributed by atoms with van der Waals surface area (Å²) in [7, 11) is -4.11. The second kappa shape index (κ2) is 9.75. The van der Waals surface area contributed by atoms with Crippen LogP contribution in [-0.4, -0.2) is 25.6 Å². The molecule has 0 spiro atoms. The lowest BCUT2D eigenvalue weighted by Gasteiger charge is -2.12. The third kappa shape index (κ3) is 5.00. The van der Waals surface area contributed by atoms with Crippen molar-refractivity contribution in [1.82, 2.24) is 5.43 Å². The summed E-state index contributed by atoms with van der Waals surface area (Å²) in [6, 6.07) is 27.4. The van der Waals surface area contributed by atoms with Gasteiger partial charge in [-0.25, -0.2) is 5.43 Å². The minimum atomic E-state index is -4.11. The van der Waals surface area contributed by atoms with E-state index in [1.807, 2.05) is 49.4 Å². The molecule has 0 atom stereocenters. The average Bonchev–Trinajstić information content (AvgIpc) is 2.89. The Labute approximate surface area is 213 Å². The summed E-state index contributed by atoms with van der Waals surface area (Å²) >= 11 is 0. The van der Waals surface area contributed by atoms with Crippen molar-refractivity contribution in [2.75, 3.05) is 0 Å². The first kappa shape index (κ1) is 24.0. The highest BCUT2D eigenvalue weighted by Gasteiger charge is 2.19. The van der Waals surface area contributed by atoms with Crippen LogP contribution >= 0.6 is 0 Å². The Balaban J connectivity index is 1.47. The SMILES string of the molecule is Cc1ccc(S(=O)(=O)Oc2ccc3ccccc3c2/C=N/NC(=O)c2cc3ccccc3cc2O)cc1. The lowest BCUT2D eigenvalue weighted by Crippen LogP contribution is -2.18. The number of aryl methyl sites for hydroxylation is 1. The molecule has 0 saturated heterocycles. The van der Waals surface area contributed by atoms with Crippen LogP contribution < -0.4 is 9.61 Å². The minimum absolute atomic E-state index is 0.0224. The number of amides is 1. The number of nitrogens with one attached hydrogen (secondary N) is 1. The molecule has 0 aliphatic heterocycles. The van der Waals surface area contributed by atoms with E-state index in [1.165, 1.54) is 24.4 Å². The third-order valence-corrected chi connectivity index (χ3v) is 7.16. The number of rotatable bonds is 6. The number of aromatic hydroxyl groups is 1. The lowest BCUT2D eigenvalue weighted by atomic mass is 10.0. The van der Waals surface area contributed by atoms with E-state index in [0.29, 0.717) is 10.9 Å². The topological polar surface area (TPSA) is 105 Å². The molecule has 37 heavy (non-hydrogen) atoms. The fourth-order valence-electron chi connectivity index (χ4n) is 3.98. The lowest BCUT2D eigenvalue weighted by molar-refractivity contribution is 0.0952. The molecule has 0 bridgehead atoms.